The molecule has 0 aliphatic heterocycles. The van der Waals surface area contributed by atoms with Gasteiger partial charge >= 0.3 is 0 Å². The number of rotatable bonds is 5. The van der Waals surface area contributed by atoms with Gasteiger partial charge in [0.15, 0.2) is 11.4 Å². The molecule has 4 atom stereocenters. The summed E-state index contributed by atoms with van der Waals surface area (Å²) >= 11 is 0. The lowest BCUT2D eigenvalue weighted by Crippen LogP contribution is -2.65. The van der Waals surface area contributed by atoms with Gasteiger partial charge in [0.25, 0.3) is 5.91 Å². The molecule has 0 radical (unpaired) electrons. The van der Waals surface area contributed by atoms with Crippen LogP contribution in [0.15, 0.2) is 47.2 Å². The number of hydrogen-bond acceptors (Lipinski definition) is 10. The molecule has 8 N–H and O–H groups in total. The van der Waals surface area contributed by atoms with Crippen molar-refractivity contribution in [3.8, 4) is 22.6 Å². The molecule has 1 fully saturated rings. The van der Waals surface area contributed by atoms with Crippen LogP contribution in [0.25, 0.3) is 16.9 Å². The second-order valence-corrected chi connectivity index (χ2v) is 10.7. The molecule has 0 unspecified atom stereocenters. The van der Waals surface area contributed by atoms with Crippen LogP contribution < -0.4 is 16.2 Å². The number of nitrogens with zero attached hydrogens (tertiary/aromatic N) is 1. The number of benzene rings is 2. The van der Waals surface area contributed by atoms with E-state index >= 15 is 0 Å². The van der Waals surface area contributed by atoms with Gasteiger partial charge in [-0.15, -0.1) is 0 Å². The lowest BCUT2D eigenvalue weighted by molar-refractivity contribution is -0.153. The van der Waals surface area contributed by atoms with Crippen LogP contribution in [0.3, 0.4) is 0 Å². The van der Waals surface area contributed by atoms with Crippen molar-refractivity contribution in [2.45, 2.75) is 31.0 Å². The molecule has 3 aliphatic carbocycles. The number of ketones is 2. The highest BCUT2D eigenvalue weighted by atomic mass is 16.5. The van der Waals surface area contributed by atoms with E-state index in [0.29, 0.717) is 16.9 Å². The minimum atomic E-state index is -2.68. The number of aliphatic hydroxyl groups is 3. The number of nitrogens with two attached hydrogens (primary N) is 2. The lowest BCUT2D eigenvalue weighted by atomic mass is 9.57. The molecule has 2 aromatic rings. The summed E-state index contributed by atoms with van der Waals surface area (Å²) in [6.45, 7) is 0.217. The van der Waals surface area contributed by atoms with Gasteiger partial charge in [-0.05, 0) is 67.7 Å². The SMILES string of the molecule is COc1ccc(-c2ccc(O)c3c2C[C@@H]2C[C@@H]4[C@@H](N(C)C)C(=O)C(C(N)=O)=C(O)[C@]4(O)C(=O)C2=C3O)cc1CN. The Kier molecular flexibility index (Phi) is 6.48. The quantitative estimate of drug-likeness (QED) is 0.294. The van der Waals surface area contributed by atoms with E-state index in [1.165, 1.54) is 11.0 Å². The first-order valence-electron chi connectivity index (χ1n) is 12.7. The Bertz CT molecular complexity index is 1540. The monoisotopic (exact) mass is 549 g/mol. The number of fused-ring (bicyclic) bond motifs is 3. The fourth-order valence-corrected chi connectivity index (χ4v) is 6.62. The summed E-state index contributed by atoms with van der Waals surface area (Å²) in [6.07, 6.45) is 0.194. The molecule has 0 saturated heterocycles. The van der Waals surface area contributed by atoms with Gasteiger partial charge in [0, 0.05) is 23.6 Å². The van der Waals surface area contributed by atoms with Crippen molar-refractivity contribution in [1.82, 2.24) is 4.90 Å². The number of primary amides is 1. The average molecular weight is 550 g/mol. The Morgan fingerprint density at radius 2 is 1.85 bits per heavy atom. The zero-order valence-corrected chi connectivity index (χ0v) is 22.3. The van der Waals surface area contributed by atoms with Gasteiger partial charge in [-0.3, -0.25) is 19.3 Å². The number of aliphatic hydroxyl groups excluding tert-OH is 2. The highest BCUT2D eigenvalue weighted by molar-refractivity contribution is 6.24. The number of aromatic hydroxyl groups is 1. The lowest BCUT2D eigenvalue weighted by Gasteiger charge is -2.50. The maximum atomic E-state index is 14.0. The minimum Gasteiger partial charge on any atom is -0.508 e. The van der Waals surface area contributed by atoms with Crippen LogP contribution in [-0.4, -0.2) is 75.6 Å². The standard InChI is InChI=1S/C29H31N3O8/c1-32(2)23-17-10-13-9-16-15(12-4-7-19(40-3)14(8-12)11-30)5-6-18(33)21(16)24(34)20(13)26(36)29(17,39)27(37)22(25(23)35)28(31)38/h4-8,13,17,23,33-34,37,39H,9-11,30H2,1-3H3,(H2,31,38)/t13-,17-,23-,29-/m1/s1. The fraction of sp³-hybridized carbons (Fsp3) is 0.345. The maximum absolute atomic E-state index is 14.0. The van der Waals surface area contributed by atoms with E-state index in [4.69, 9.17) is 16.2 Å². The predicted octanol–water partition coefficient (Wildman–Crippen LogP) is 1.10. The molecule has 0 heterocycles. The number of carbonyl (C=O) groups excluding carboxylic acids is 3. The Labute approximate surface area is 230 Å². The van der Waals surface area contributed by atoms with Crippen molar-refractivity contribution in [1.29, 1.82) is 0 Å². The van der Waals surface area contributed by atoms with E-state index in [9.17, 15) is 34.8 Å². The summed E-state index contributed by atoms with van der Waals surface area (Å²) in [4.78, 5) is 40.8. The van der Waals surface area contributed by atoms with Gasteiger partial charge in [0.1, 0.15) is 28.6 Å². The molecule has 0 spiro atoms. The molecule has 11 nitrogen and oxygen atoms in total. The van der Waals surface area contributed by atoms with Crippen molar-refractivity contribution in [3.05, 3.63) is 63.9 Å². The molecule has 11 heteroatoms. The Balaban J connectivity index is 1.72. The summed E-state index contributed by atoms with van der Waals surface area (Å²) in [5.41, 5.74) is 10.3. The number of amides is 1. The largest absolute Gasteiger partial charge is 0.508 e. The number of methoxy groups -OCH3 is 1. The molecule has 5 rings (SSSR count). The number of phenolic OH excluding ortho intramolecular Hbond substituents is 1. The van der Waals surface area contributed by atoms with Crippen LogP contribution >= 0.6 is 0 Å². The van der Waals surface area contributed by atoms with Gasteiger partial charge < -0.3 is 36.6 Å². The Morgan fingerprint density at radius 3 is 2.45 bits per heavy atom. The number of likely N-dealkylation sites (N-methyl/N-ethyl adjacent to an activating group) is 1. The fourth-order valence-electron chi connectivity index (χ4n) is 6.62. The van der Waals surface area contributed by atoms with Crippen molar-refractivity contribution in [3.63, 3.8) is 0 Å². The Hall–Kier alpha value is -4.19. The van der Waals surface area contributed by atoms with Crippen LogP contribution in [-0.2, 0) is 27.3 Å². The molecular weight excluding hydrogens is 518 g/mol. The van der Waals surface area contributed by atoms with Crippen molar-refractivity contribution < 1.29 is 39.5 Å². The third kappa shape index (κ3) is 3.65. The second kappa shape index (κ2) is 9.47. The molecule has 3 aliphatic rings. The van der Waals surface area contributed by atoms with Gasteiger partial charge in [0.2, 0.25) is 5.78 Å². The molecule has 1 amide bonds. The predicted molar refractivity (Wildman–Crippen MR) is 144 cm³/mol. The molecule has 40 heavy (non-hydrogen) atoms. The van der Waals surface area contributed by atoms with Crippen LogP contribution in [0.4, 0.5) is 0 Å². The van der Waals surface area contributed by atoms with Gasteiger partial charge in [-0.25, -0.2) is 0 Å². The summed E-state index contributed by atoms with van der Waals surface area (Å²) < 4.78 is 5.37. The number of ether oxygens (including phenoxy) is 1. The second-order valence-electron chi connectivity index (χ2n) is 10.7. The highest BCUT2D eigenvalue weighted by Gasteiger charge is 2.64. The summed E-state index contributed by atoms with van der Waals surface area (Å²) in [7, 11) is 4.66. The molecule has 210 valence electrons. The van der Waals surface area contributed by atoms with E-state index in [0.717, 1.165) is 11.1 Å². The topological polar surface area (TPSA) is 197 Å². The zero-order valence-electron chi connectivity index (χ0n) is 22.3. The molecule has 0 aromatic heterocycles. The van der Waals surface area contributed by atoms with Crippen LogP contribution in [0.2, 0.25) is 0 Å². The third-order valence-corrected chi connectivity index (χ3v) is 8.42. The van der Waals surface area contributed by atoms with E-state index in [-0.39, 0.29) is 36.3 Å². The maximum Gasteiger partial charge on any atom is 0.255 e. The third-order valence-electron chi connectivity index (χ3n) is 8.42. The minimum absolute atomic E-state index is 0.0114. The number of carbonyl (C=O) groups is 3. The Morgan fingerprint density at radius 1 is 1.15 bits per heavy atom. The van der Waals surface area contributed by atoms with Gasteiger partial charge in [-0.1, -0.05) is 12.1 Å². The molecule has 0 bridgehead atoms. The van der Waals surface area contributed by atoms with Crippen LogP contribution in [0.5, 0.6) is 11.5 Å². The number of phenols is 1. The van der Waals surface area contributed by atoms with E-state index in [1.54, 1.807) is 33.3 Å². The van der Waals surface area contributed by atoms with Crippen molar-refractivity contribution in [2.24, 2.45) is 23.3 Å². The van der Waals surface area contributed by atoms with Gasteiger partial charge in [-0.2, -0.15) is 0 Å². The average Bonchev–Trinajstić information content (AvgIpc) is 2.90. The van der Waals surface area contributed by atoms with Crippen molar-refractivity contribution in [2.75, 3.05) is 21.2 Å². The summed E-state index contributed by atoms with van der Waals surface area (Å²) in [5.74, 6) is -6.25. The van der Waals surface area contributed by atoms with E-state index in [2.05, 4.69) is 0 Å². The molecule has 1 saturated carbocycles. The smallest absolute Gasteiger partial charge is 0.255 e. The first-order valence-corrected chi connectivity index (χ1v) is 12.7. The molecule has 2 aromatic carbocycles. The van der Waals surface area contributed by atoms with Crippen LogP contribution in [0.1, 0.15) is 23.1 Å². The first kappa shape index (κ1) is 27.4. The normalized spacial score (nSPS) is 26.0. The zero-order chi connectivity index (χ0) is 29.3. The summed E-state index contributed by atoms with van der Waals surface area (Å²) in [5, 5.41) is 44.9. The molecular formula is C29H31N3O8. The highest BCUT2D eigenvalue weighted by Crippen LogP contribution is 2.53. The van der Waals surface area contributed by atoms with Gasteiger partial charge in [0.05, 0.1) is 18.7 Å². The number of hydrogen-bond donors (Lipinski definition) is 6. The summed E-state index contributed by atoms with van der Waals surface area (Å²) in [6, 6.07) is 7.40. The van der Waals surface area contributed by atoms with E-state index in [1.807, 2.05) is 12.1 Å². The van der Waals surface area contributed by atoms with Crippen LogP contribution in [0, 0.1) is 11.8 Å². The number of Topliss-reactive ketones (excluding diaryl/α,β-unsaturated/α-hetero) is 2. The first-order chi connectivity index (χ1) is 18.9. The van der Waals surface area contributed by atoms with Crippen molar-refractivity contribution >= 4 is 23.2 Å². The van der Waals surface area contributed by atoms with E-state index < -0.39 is 58.0 Å².